The second kappa shape index (κ2) is 9.62. The van der Waals surface area contributed by atoms with Gasteiger partial charge in [-0.15, -0.1) is 0 Å². The molecular formula is C24H28N6O3. The number of pyridine rings is 1. The van der Waals surface area contributed by atoms with Gasteiger partial charge in [0.25, 0.3) is 5.91 Å². The monoisotopic (exact) mass is 448 g/mol. The van der Waals surface area contributed by atoms with Crippen LogP contribution >= 0.6 is 0 Å². The van der Waals surface area contributed by atoms with Crippen LogP contribution in [0.1, 0.15) is 42.4 Å². The van der Waals surface area contributed by atoms with E-state index in [-0.39, 0.29) is 17.4 Å². The van der Waals surface area contributed by atoms with Crippen molar-refractivity contribution < 1.29 is 14.6 Å². The molecule has 0 unspecified atom stereocenters. The number of nitrogens with one attached hydrogen (secondary N) is 1. The van der Waals surface area contributed by atoms with Crippen molar-refractivity contribution in [3.05, 3.63) is 66.2 Å². The molecule has 1 aliphatic heterocycles. The third kappa shape index (κ3) is 4.85. The molecule has 4 atom stereocenters. The van der Waals surface area contributed by atoms with Crippen molar-refractivity contribution in [2.75, 3.05) is 11.1 Å². The zero-order valence-corrected chi connectivity index (χ0v) is 18.6. The molecule has 33 heavy (non-hydrogen) atoms. The zero-order valence-electron chi connectivity index (χ0n) is 18.6. The van der Waals surface area contributed by atoms with Crippen LogP contribution in [0.2, 0.25) is 0 Å². The molecular weight excluding hydrogens is 420 g/mol. The van der Waals surface area contributed by atoms with Crippen LogP contribution in [0.5, 0.6) is 0 Å². The van der Waals surface area contributed by atoms with Crippen LogP contribution < -0.4 is 16.8 Å². The molecule has 4 rings (SSSR count). The van der Waals surface area contributed by atoms with Gasteiger partial charge in [0.05, 0.1) is 42.1 Å². The lowest BCUT2D eigenvalue weighted by molar-refractivity contribution is -0.145. The van der Waals surface area contributed by atoms with Gasteiger partial charge in [-0.1, -0.05) is 44.2 Å². The van der Waals surface area contributed by atoms with Crippen LogP contribution in [-0.4, -0.2) is 44.2 Å². The Morgan fingerprint density at radius 1 is 1.21 bits per heavy atom. The van der Waals surface area contributed by atoms with E-state index in [0.717, 1.165) is 11.1 Å². The lowest BCUT2D eigenvalue weighted by atomic mass is 9.88. The summed E-state index contributed by atoms with van der Waals surface area (Å²) in [5, 5.41) is 13.3. The van der Waals surface area contributed by atoms with Crippen molar-refractivity contribution in [3.8, 4) is 11.3 Å². The van der Waals surface area contributed by atoms with Crippen molar-refractivity contribution in [2.45, 2.75) is 44.6 Å². The normalized spacial score (nSPS) is 22.8. The van der Waals surface area contributed by atoms with Gasteiger partial charge in [0, 0.05) is 23.4 Å². The summed E-state index contributed by atoms with van der Waals surface area (Å²) >= 11 is 0. The highest BCUT2D eigenvalue weighted by Crippen LogP contribution is 2.36. The topological polar surface area (TPSA) is 149 Å². The smallest absolute Gasteiger partial charge is 0.278 e. The lowest BCUT2D eigenvalue weighted by Crippen LogP contribution is -2.51. The molecule has 3 heterocycles. The summed E-state index contributed by atoms with van der Waals surface area (Å²) in [7, 11) is 0. The van der Waals surface area contributed by atoms with E-state index in [4.69, 9.17) is 16.2 Å². The van der Waals surface area contributed by atoms with Gasteiger partial charge in [0.2, 0.25) is 0 Å². The molecule has 1 saturated heterocycles. The molecule has 0 radical (unpaired) electrons. The average Bonchev–Trinajstić information content (AvgIpc) is 2.81. The molecule has 0 bridgehead atoms. The highest BCUT2D eigenvalue weighted by Gasteiger charge is 2.38. The summed E-state index contributed by atoms with van der Waals surface area (Å²) < 4.78 is 6.18. The number of ether oxygens (including phenoxy) is 1. The van der Waals surface area contributed by atoms with Crippen LogP contribution in [0, 0.1) is 5.92 Å². The molecule has 1 aliphatic rings. The van der Waals surface area contributed by atoms with Gasteiger partial charge in [0.15, 0.2) is 11.5 Å². The van der Waals surface area contributed by atoms with E-state index >= 15 is 0 Å². The minimum atomic E-state index is -0.753. The van der Waals surface area contributed by atoms with Gasteiger partial charge in [-0.05, 0) is 18.4 Å². The summed E-state index contributed by atoms with van der Waals surface area (Å²) in [5.41, 5.74) is 14.7. The fourth-order valence-corrected chi connectivity index (χ4v) is 3.99. The standard InChI is InChI=1S/C24H28N6O3/c1-13(2)22-21(31)16(25)10-19(33-22)15-8-9-27-11-18(15)30-24(32)20-23(26)28-12-17(29-20)14-6-4-3-5-7-14/h3-9,11-13,16,19,21-22,31H,10,25H2,1-2H3,(H2,26,28)(H,30,32)/t16-,19-,21+,22-/m0/s1. The molecule has 9 heteroatoms. The first-order valence-corrected chi connectivity index (χ1v) is 10.9. The third-order valence-corrected chi connectivity index (χ3v) is 5.78. The number of benzene rings is 1. The highest BCUT2D eigenvalue weighted by atomic mass is 16.5. The Hall–Kier alpha value is -3.40. The first-order valence-electron chi connectivity index (χ1n) is 10.9. The second-order valence-corrected chi connectivity index (χ2v) is 8.50. The number of hydrogen-bond donors (Lipinski definition) is 4. The van der Waals surface area contributed by atoms with Crippen LogP contribution in [0.25, 0.3) is 11.3 Å². The number of nitrogens with zero attached hydrogens (tertiary/aromatic N) is 3. The number of rotatable bonds is 5. The van der Waals surface area contributed by atoms with Crippen LogP contribution in [0.3, 0.4) is 0 Å². The number of carbonyl (C=O) groups excluding carboxylic acids is 1. The van der Waals surface area contributed by atoms with Gasteiger partial charge < -0.3 is 26.6 Å². The third-order valence-electron chi connectivity index (χ3n) is 5.78. The number of carbonyl (C=O) groups is 1. The van der Waals surface area contributed by atoms with Crippen LogP contribution in [-0.2, 0) is 4.74 Å². The van der Waals surface area contributed by atoms with E-state index in [0.29, 0.717) is 17.8 Å². The SMILES string of the molecule is CC(C)[C@@H]1O[C@H](c2ccncc2NC(=O)c2nc(-c3ccccc3)cnc2N)C[C@H](N)[C@H]1O. The number of aliphatic hydroxyl groups is 1. The summed E-state index contributed by atoms with van der Waals surface area (Å²) in [6, 6.07) is 10.7. The maximum absolute atomic E-state index is 13.1. The van der Waals surface area contributed by atoms with Gasteiger partial charge in [-0.3, -0.25) is 9.78 Å². The van der Waals surface area contributed by atoms with Crippen molar-refractivity contribution in [3.63, 3.8) is 0 Å². The van der Waals surface area contributed by atoms with Crippen molar-refractivity contribution >= 4 is 17.4 Å². The number of nitrogen functional groups attached to an aromatic ring is 1. The molecule has 0 spiro atoms. The minimum Gasteiger partial charge on any atom is -0.389 e. The van der Waals surface area contributed by atoms with Crippen LogP contribution in [0.15, 0.2) is 55.0 Å². The summed E-state index contributed by atoms with van der Waals surface area (Å²) in [6.07, 6.45) is 3.53. The Labute approximate surface area is 192 Å². The fourth-order valence-electron chi connectivity index (χ4n) is 3.99. The predicted molar refractivity (Wildman–Crippen MR) is 125 cm³/mol. The van der Waals surface area contributed by atoms with Gasteiger partial charge >= 0.3 is 0 Å². The number of hydrogen-bond acceptors (Lipinski definition) is 8. The molecule has 1 amide bonds. The van der Waals surface area contributed by atoms with Gasteiger partial charge in [0.1, 0.15) is 0 Å². The number of aromatic nitrogens is 3. The lowest BCUT2D eigenvalue weighted by Gasteiger charge is -2.40. The van der Waals surface area contributed by atoms with Crippen LogP contribution in [0.4, 0.5) is 11.5 Å². The molecule has 0 aliphatic carbocycles. The first-order chi connectivity index (χ1) is 15.8. The van der Waals surface area contributed by atoms with Gasteiger partial charge in [-0.25, -0.2) is 9.97 Å². The molecule has 1 fully saturated rings. The quantitative estimate of drug-likeness (QED) is 0.465. The molecule has 1 aromatic carbocycles. The number of amides is 1. The minimum absolute atomic E-state index is 0.0166. The van der Waals surface area contributed by atoms with E-state index in [9.17, 15) is 9.90 Å². The highest BCUT2D eigenvalue weighted by molar-refractivity contribution is 6.06. The maximum Gasteiger partial charge on any atom is 0.278 e. The number of anilines is 2. The maximum atomic E-state index is 13.1. The Kier molecular flexibility index (Phi) is 6.64. The van der Waals surface area contributed by atoms with Crippen molar-refractivity contribution in [1.29, 1.82) is 0 Å². The first kappa shape index (κ1) is 22.8. The summed E-state index contributed by atoms with van der Waals surface area (Å²) in [4.78, 5) is 25.8. The number of nitrogens with two attached hydrogens (primary N) is 2. The van der Waals surface area contributed by atoms with E-state index in [1.54, 1.807) is 18.5 Å². The molecule has 2 aromatic heterocycles. The largest absolute Gasteiger partial charge is 0.389 e. The van der Waals surface area contributed by atoms with Gasteiger partial charge in [-0.2, -0.15) is 0 Å². The van der Waals surface area contributed by atoms with Crippen molar-refractivity contribution in [2.24, 2.45) is 11.7 Å². The molecule has 6 N–H and O–H groups in total. The summed E-state index contributed by atoms with van der Waals surface area (Å²) in [6.45, 7) is 3.94. The molecule has 3 aromatic rings. The Bertz CT molecular complexity index is 1120. The molecule has 0 saturated carbocycles. The Balaban J connectivity index is 1.61. The average molecular weight is 449 g/mol. The van der Waals surface area contributed by atoms with E-state index in [1.165, 1.54) is 6.20 Å². The summed E-state index contributed by atoms with van der Waals surface area (Å²) in [5.74, 6) is -0.409. The zero-order chi connectivity index (χ0) is 23.5. The predicted octanol–water partition coefficient (Wildman–Crippen LogP) is 2.55. The van der Waals surface area contributed by atoms with Crippen molar-refractivity contribution in [1.82, 2.24) is 15.0 Å². The Morgan fingerprint density at radius 3 is 2.70 bits per heavy atom. The fraction of sp³-hybridized carbons (Fsp3) is 0.333. The molecule has 172 valence electrons. The van der Waals surface area contributed by atoms with E-state index in [1.807, 2.05) is 44.2 Å². The van der Waals surface area contributed by atoms with E-state index < -0.39 is 30.3 Å². The Morgan fingerprint density at radius 2 is 1.97 bits per heavy atom. The molecule has 9 nitrogen and oxygen atoms in total. The number of aliphatic hydroxyl groups excluding tert-OH is 1. The second-order valence-electron chi connectivity index (χ2n) is 8.50. The van der Waals surface area contributed by atoms with E-state index in [2.05, 4.69) is 20.3 Å².